The third-order valence-electron chi connectivity index (χ3n) is 1.20. The van der Waals surface area contributed by atoms with Crippen molar-refractivity contribution in [2.24, 2.45) is 5.11 Å². The number of hydrogen-bond donors (Lipinski definition) is 0. The number of aryl methyl sites for hydroxylation is 1. The van der Waals surface area contributed by atoms with Crippen LogP contribution < -0.4 is 0 Å². The molecule has 5 heteroatoms. The van der Waals surface area contributed by atoms with E-state index in [1.807, 2.05) is 13.0 Å². The van der Waals surface area contributed by atoms with Crippen molar-refractivity contribution < 1.29 is 4.52 Å². The van der Waals surface area contributed by atoms with Gasteiger partial charge < -0.3 is 4.52 Å². The van der Waals surface area contributed by atoms with Crippen LogP contribution in [-0.2, 0) is 6.42 Å². The fraction of sp³-hybridized carbons (Fsp3) is 0.500. The highest BCUT2D eigenvalue weighted by molar-refractivity contribution is 5.03. The summed E-state index contributed by atoms with van der Waals surface area (Å²) in [6.07, 6.45) is 0.616. The van der Waals surface area contributed by atoms with Crippen LogP contribution in [0.1, 0.15) is 11.5 Å². The molecule has 1 aromatic rings. The number of aromatic nitrogens is 1. The van der Waals surface area contributed by atoms with Crippen LogP contribution in [0.2, 0.25) is 0 Å². The number of nitrogens with zero attached hydrogens (tertiary/aromatic N) is 4. The minimum absolute atomic E-state index is 0.422. The molecule has 0 aliphatic carbocycles. The first-order chi connectivity index (χ1) is 5.33. The third kappa shape index (κ3) is 2.31. The molecule has 11 heavy (non-hydrogen) atoms. The van der Waals surface area contributed by atoms with Crippen molar-refractivity contribution in [3.05, 3.63) is 28.0 Å². The van der Waals surface area contributed by atoms with Crippen molar-refractivity contribution >= 4 is 0 Å². The van der Waals surface area contributed by atoms with Crippen LogP contribution in [0.15, 0.2) is 15.7 Å². The second kappa shape index (κ2) is 3.63. The molecule has 0 bridgehead atoms. The zero-order valence-corrected chi connectivity index (χ0v) is 6.19. The van der Waals surface area contributed by atoms with E-state index in [2.05, 4.69) is 15.2 Å². The normalized spacial score (nSPS) is 9.18. The average molecular weight is 152 g/mol. The highest BCUT2D eigenvalue weighted by Gasteiger charge is 1.97. The van der Waals surface area contributed by atoms with Crippen LogP contribution >= 0.6 is 0 Å². The lowest BCUT2D eigenvalue weighted by Gasteiger charge is -1.84. The SMILES string of the molecule is Cc1cc(CCN=[N+]=[N-])on1. The molecule has 0 radical (unpaired) electrons. The van der Waals surface area contributed by atoms with E-state index < -0.39 is 0 Å². The van der Waals surface area contributed by atoms with Gasteiger partial charge in [-0.1, -0.05) is 10.3 Å². The van der Waals surface area contributed by atoms with Crippen molar-refractivity contribution in [2.45, 2.75) is 13.3 Å². The Morgan fingerprint density at radius 2 is 2.64 bits per heavy atom. The van der Waals surface area contributed by atoms with Crippen molar-refractivity contribution in [3.8, 4) is 0 Å². The Kier molecular flexibility index (Phi) is 2.52. The third-order valence-corrected chi connectivity index (χ3v) is 1.20. The molecule has 0 saturated carbocycles. The minimum Gasteiger partial charge on any atom is -0.361 e. The minimum atomic E-state index is 0.422. The number of azide groups is 1. The van der Waals surface area contributed by atoms with Gasteiger partial charge in [-0.25, -0.2) is 0 Å². The first-order valence-corrected chi connectivity index (χ1v) is 3.26. The van der Waals surface area contributed by atoms with Gasteiger partial charge in [-0.05, 0) is 12.5 Å². The molecule has 0 spiro atoms. The zero-order chi connectivity index (χ0) is 8.10. The van der Waals surface area contributed by atoms with Crippen LogP contribution in [0.25, 0.3) is 10.4 Å². The van der Waals surface area contributed by atoms with Gasteiger partial charge in [-0.3, -0.25) is 0 Å². The molecule has 0 saturated heterocycles. The maximum absolute atomic E-state index is 7.96. The monoisotopic (exact) mass is 152 g/mol. The van der Waals surface area contributed by atoms with E-state index in [0.29, 0.717) is 13.0 Å². The zero-order valence-electron chi connectivity index (χ0n) is 6.19. The Morgan fingerprint density at radius 3 is 3.18 bits per heavy atom. The van der Waals surface area contributed by atoms with Crippen molar-refractivity contribution in [1.29, 1.82) is 0 Å². The average Bonchev–Trinajstić information content (AvgIpc) is 2.37. The molecule has 1 rings (SSSR count). The van der Waals surface area contributed by atoms with Crippen molar-refractivity contribution in [2.75, 3.05) is 6.54 Å². The van der Waals surface area contributed by atoms with Gasteiger partial charge in [0.15, 0.2) is 0 Å². The van der Waals surface area contributed by atoms with Crippen LogP contribution in [0.3, 0.4) is 0 Å². The summed E-state index contributed by atoms with van der Waals surface area (Å²) in [6.45, 7) is 2.27. The summed E-state index contributed by atoms with van der Waals surface area (Å²) in [5.41, 5.74) is 8.81. The first-order valence-electron chi connectivity index (χ1n) is 3.26. The Bertz CT molecular complexity index is 274. The van der Waals surface area contributed by atoms with Crippen LogP contribution in [0, 0.1) is 6.92 Å². The van der Waals surface area contributed by atoms with Crippen molar-refractivity contribution in [1.82, 2.24) is 5.16 Å². The van der Waals surface area contributed by atoms with Crippen LogP contribution in [0.4, 0.5) is 0 Å². The lowest BCUT2D eigenvalue weighted by atomic mass is 10.3. The molecule has 0 aliphatic rings. The molecule has 0 N–H and O–H groups in total. The standard InChI is InChI=1S/C6H8N4O/c1-5-4-6(11-9-5)2-3-8-10-7/h4H,2-3H2,1H3. The highest BCUT2D eigenvalue weighted by Crippen LogP contribution is 2.02. The molecule has 5 nitrogen and oxygen atoms in total. The van der Waals surface area contributed by atoms with E-state index in [0.717, 1.165) is 11.5 Å². The van der Waals surface area contributed by atoms with Crippen LogP contribution in [0.5, 0.6) is 0 Å². The van der Waals surface area contributed by atoms with E-state index in [9.17, 15) is 0 Å². The molecular weight excluding hydrogens is 144 g/mol. The van der Waals surface area contributed by atoms with Gasteiger partial charge in [0.25, 0.3) is 0 Å². The van der Waals surface area contributed by atoms with Gasteiger partial charge in [-0.2, -0.15) is 0 Å². The number of rotatable bonds is 3. The summed E-state index contributed by atoms with van der Waals surface area (Å²) < 4.78 is 4.88. The first kappa shape index (κ1) is 7.63. The fourth-order valence-electron chi connectivity index (χ4n) is 0.739. The van der Waals surface area contributed by atoms with Gasteiger partial charge in [-0.15, -0.1) is 0 Å². The quantitative estimate of drug-likeness (QED) is 0.376. The summed E-state index contributed by atoms with van der Waals surface area (Å²) in [4.78, 5) is 2.62. The van der Waals surface area contributed by atoms with E-state index >= 15 is 0 Å². The molecule has 0 fully saturated rings. The highest BCUT2D eigenvalue weighted by atomic mass is 16.5. The van der Waals surface area contributed by atoms with Crippen LogP contribution in [-0.4, -0.2) is 11.7 Å². The molecule has 1 aromatic heterocycles. The second-order valence-electron chi connectivity index (χ2n) is 2.14. The Morgan fingerprint density at radius 1 is 1.82 bits per heavy atom. The summed E-state index contributed by atoms with van der Waals surface area (Å²) >= 11 is 0. The Labute approximate surface area is 63.6 Å². The predicted octanol–water partition coefficient (Wildman–Crippen LogP) is 1.84. The second-order valence-corrected chi connectivity index (χ2v) is 2.14. The van der Waals surface area contributed by atoms with Crippen molar-refractivity contribution in [3.63, 3.8) is 0 Å². The van der Waals surface area contributed by atoms with Gasteiger partial charge in [0.2, 0.25) is 0 Å². The summed E-state index contributed by atoms with van der Waals surface area (Å²) in [7, 11) is 0. The predicted molar refractivity (Wildman–Crippen MR) is 39.0 cm³/mol. The van der Waals surface area contributed by atoms with E-state index in [1.54, 1.807) is 0 Å². The molecule has 0 aromatic carbocycles. The summed E-state index contributed by atoms with van der Waals surface area (Å²) in [6, 6.07) is 1.83. The molecule has 0 aliphatic heterocycles. The molecular formula is C6H8N4O. The molecule has 58 valence electrons. The summed E-state index contributed by atoms with van der Waals surface area (Å²) in [5, 5.41) is 7.05. The maximum atomic E-state index is 7.96. The fourth-order valence-corrected chi connectivity index (χ4v) is 0.739. The summed E-state index contributed by atoms with van der Waals surface area (Å²) in [5.74, 6) is 0.759. The maximum Gasteiger partial charge on any atom is 0.137 e. The topological polar surface area (TPSA) is 74.8 Å². The van der Waals surface area contributed by atoms with Gasteiger partial charge in [0.05, 0.1) is 5.69 Å². The molecule has 0 unspecified atom stereocenters. The van der Waals surface area contributed by atoms with E-state index in [-0.39, 0.29) is 0 Å². The largest absolute Gasteiger partial charge is 0.361 e. The van der Waals surface area contributed by atoms with Gasteiger partial charge in [0.1, 0.15) is 5.76 Å². The van der Waals surface area contributed by atoms with Gasteiger partial charge >= 0.3 is 0 Å². The lowest BCUT2D eigenvalue weighted by molar-refractivity contribution is 0.380. The van der Waals surface area contributed by atoms with E-state index in [4.69, 9.17) is 10.1 Å². The molecule has 1 heterocycles. The number of hydrogen-bond acceptors (Lipinski definition) is 3. The van der Waals surface area contributed by atoms with E-state index in [1.165, 1.54) is 0 Å². The molecule has 0 atom stereocenters. The Hall–Kier alpha value is -1.48. The lowest BCUT2D eigenvalue weighted by Crippen LogP contribution is -1.83. The van der Waals surface area contributed by atoms with Gasteiger partial charge in [0, 0.05) is 23.9 Å². The molecule has 0 amide bonds. The smallest absolute Gasteiger partial charge is 0.137 e. The Balaban J connectivity index is 2.44.